The van der Waals surface area contributed by atoms with Gasteiger partial charge in [0.25, 0.3) is 0 Å². The van der Waals surface area contributed by atoms with Gasteiger partial charge in [0.15, 0.2) is 11.5 Å². The lowest BCUT2D eigenvalue weighted by molar-refractivity contribution is -0.132. The van der Waals surface area contributed by atoms with Gasteiger partial charge < -0.3 is 19.1 Å². The van der Waals surface area contributed by atoms with Gasteiger partial charge in [-0.25, -0.2) is 0 Å². The normalized spacial score (nSPS) is 24.1. The van der Waals surface area contributed by atoms with Gasteiger partial charge in [-0.2, -0.15) is 5.26 Å². The summed E-state index contributed by atoms with van der Waals surface area (Å²) in [4.78, 5) is 14.5. The van der Waals surface area contributed by atoms with Crippen LogP contribution < -0.4 is 19.5 Å². The van der Waals surface area contributed by atoms with E-state index in [1.807, 2.05) is 6.07 Å². The number of nitriles is 1. The van der Waals surface area contributed by atoms with Crippen LogP contribution in [0, 0.1) is 11.3 Å². The molecule has 0 bridgehead atoms. The summed E-state index contributed by atoms with van der Waals surface area (Å²) in [5, 5.41) is 12.5. The number of ether oxygens (including phenoxy) is 3. The number of likely N-dealkylation sites (tertiary alicyclic amines) is 1. The van der Waals surface area contributed by atoms with E-state index in [-0.39, 0.29) is 35.8 Å². The molecule has 1 unspecified atom stereocenters. The predicted octanol–water partition coefficient (Wildman–Crippen LogP) is 2.35. The first-order valence-corrected chi connectivity index (χ1v) is 9.55. The Kier molecular flexibility index (Phi) is 7.48. The van der Waals surface area contributed by atoms with Crippen molar-refractivity contribution in [2.45, 2.75) is 30.3 Å². The topological polar surface area (TPSA) is 83.8 Å². The molecule has 1 aromatic rings. The van der Waals surface area contributed by atoms with E-state index in [9.17, 15) is 10.1 Å². The highest BCUT2D eigenvalue weighted by Crippen LogP contribution is 2.43. The standard InChI is InChI=1S/C18H23N3O4S.ClH/c1-23-14-8-16(25-3)15(24-2)7-12(14)17-20-13(10-26-17)18(22)21-6-4-5-11(21)9-19;/h7-8,11,13,17,20H,4-6,10H2,1-3H3;1H/t11-,13-,17?;/m0./s1. The van der Waals surface area contributed by atoms with Crippen LogP contribution in [-0.2, 0) is 4.79 Å². The zero-order valence-electron chi connectivity index (χ0n) is 15.6. The van der Waals surface area contributed by atoms with Crippen molar-refractivity contribution in [3.63, 3.8) is 0 Å². The molecule has 27 heavy (non-hydrogen) atoms. The number of hydrogen-bond donors (Lipinski definition) is 1. The van der Waals surface area contributed by atoms with Crippen molar-refractivity contribution in [3.05, 3.63) is 17.7 Å². The molecule has 0 aliphatic carbocycles. The van der Waals surface area contributed by atoms with Crippen LogP contribution in [0.1, 0.15) is 23.8 Å². The molecule has 0 spiro atoms. The first-order valence-electron chi connectivity index (χ1n) is 8.50. The van der Waals surface area contributed by atoms with Crippen LogP contribution in [-0.4, -0.2) is 56.5 Å². The molecule has 2 fully saturated rings. The summed E-state index contributed by atoms with van der Waals surface area (Å²) >= 11 is 1.64. The number of rotatable bonds is 5. The van der Waals surface area contributed by atoms with E-state index in [4.69, 9.17) is 14.2 Å². The highest BCUT2D eigenvalue weighted by molar-refractivity contribution is 7.99. The van der Waals surface area contributed by atoms with Gasteiger partial charge in [0.2, 0.25) is 5.91 Å². The van der Waals surface area contributed by atoms with Gasteiger partial charge in [0.05, 0.1) is 38.8 Å². The third kappa shape index (κ3) is 4.21. The van der Waals surface area contributed by atoms with Crippen LogP contribution >= 0.6 is 24.2 Å². The number of nitrogens with one attached hydrogen (secondary N) is 1. The molecule has 0 saturated carbocycles. The first-order chi connectivity index (χ1) is 12.6. The molecule has 2 saturated heterocycles. The van der Waals surface area contributed by atoms with Crippen molar-refractivity contribution < 1.29 is 19.0 Å². The lowest BCUT2D eigenvalue weighted by Gasteiger charge is -2.24. The number of carbonyl (C=O) groups excluding carboxylic acids is 1. The Morgan fingerprint density at radius 3 is 2.52 bits per heavy atom. The number of halogens is 1. The van der Waals surface area contributed by atoms with Crippen molar-refractivity contribution in [3.8, 4) is 23.3 Å². The van der Waals surface area contributed by atoms with Crippen LogP contribution in [0.2, 0.25) is 0 Å². The maximum absolute atomic E-state index is 12.8. The predicted molar refractivity (Wildman–Crippen MR) is 106 cm³/mol. The Morgan fingerprint density at radius 2 is 1.89 bits per heavy atom. The number of carbonyl (C=O) groups is 1. The fourth-order valence-corrected chi connectivity index (χ4v) is 4.66. The number of nitrogens with zero attached hydrogens (tertiary/aromatic N) is 2. The molecule has 148 valence electrons. The molecule has 1 amide bonds. The molecular formula is C18H24ClN3O4S. The van der Waals surface area contributed by atoms with Crippen LogP contribution in [0.5, 0.6) is 17.2 Å². The molecule has 0 radical (unpaired) electrons. The lowest BCUT2D eigenvalue weighted by Crippen LogP contribution is -2.46. The van der Waals surface area contributed by atoms with Gasteiger partial charge in [-0.3, -0.25) is 10.1 Å². The Balaban J connectivity index is 0.00000261. The van der Waals surface area contributed by atoms with Gasteiger partial charge in [-0.15, -0.1) is 24.2 Å². The zero-order valence-corrected chi connectivity index (χ0v) is 17.2. The summed E-state index contributed by atoms with van der Waals surface area (Å²) in [7, 11) is 4.77. The maximum Gasteiger partial charge on any atom is 0.241 e. The Labute approximate surface area is 169 Å². The number of hydrogen-bond acceptors (Lipinski definition) is 7. The molecule has 3 rings (SSSR count). The minimum atomic E-state index is -0.309. The fourth-order valence-electron chi connectivity index (χ4n) is 3.42. The highest BCUT2D eigenvalue weighted by Gasteiger charge is 2.38. The third-order valence-corrected chi connectivity index (χ3v) is 6.03. The summed E-state index contributed by atoms with van der Waals surface area (Å²) in [5.74, 6) is 2.54. The van der Waals surface area contributed by atoms with Crippen molar-refractivity contribution in [2.24, 2.45) is 0 Å². The second-order valence-electron chi connectivity index (χ2n) is 6.20. The van der Waals surface area contributed by atoms with Gasteiger partial charge in [-0.05, 0) is 18.9 Å². The smallest absolute Gasteiger partial charge is 0.241 e. The SMILES string of the molecule is COc1cc(OC)c(C2N[C@H](C(=O)N3CCC[C@H]3C#N)CS2)cc1OC.Cl. The van der Waals surface area contributed by atoms with Crippen LogP contribution in [0.15, 0.2) is 12.1 Å². The molecule has 0 aromatic heterocycles. The zero-order chi connectivity index (χ0) is 18.7. The second kappa shape index (κ2) is 9.40. The Bertz CT molecular complexity index is 727. The second-order valence-corrected chi connectivity index (χ2v) is 7.34. The monoisotopic (exact) mass is 413 g/mol. The van der Waals surface area contributed by atoms with Crippen LogP contribution in [0.4, 0.5) is 0 Å². The minimum Gasteiger partial charge on any atom is -0.496 e. The molecule has 7 nitrogen and oxygen atoms in total. The molecule has 9 heteroatoms. The quantitative estimate of drug-likeness (QED) is 0.793. The average molecular weight is 414 g/mol. The van der Waals surface area contributed by atoms with E-state index in [2.05, 4.69) is 11.4 Å². The van der Waals surface area contributed by atoms with Gasteiger partial charge in [0.1, 0.15) is 11.8 Å². The number of methoxy groups -OCH3 is 3. The average Bonchev–Trinajstić information content (AvgIpc) is 3.35. The summed E-state index contributed by atoms with van der Waals surface area (Å²) in [6.45, 7) is 0.657. The number of benzene rings is 1. The van der Waals surface area contributed by atoms with E-state index >= 15 is 0 Å². The van der Waals surface area contributed by atoms with Crippen molar-refractivity contribution >= 4 is 30.1 Å². The fraction of sp³-hybridized carbons (Fsp3) is 0.556. The van der Waals surface area contributed by atoms with Crippen molar-refractivity contribution in [1.82, 2.24) is 10.2 Å². The van der Waals surface area contributed by atoms with Gasteiger partial charge >= 0.3 is 0 Å². The molecule has 2 heterocycles. The number of thioether (sulfide) groups is 1. The van der Waals surface area contributed by atoms with E-state index in [0.717, 1.165) is 18.4 Å². The van der Waals surface area contributed by atoms with Crippen LogP contribution in [0.25, 0.3) is 0 Å². The van der Waals surface area contributed by atoms with Crippen molar-refractivity contribution in [2.75, 3.05) is 33.6 Å². The lowest BCUT2D eigenvalue weighted by atomic mass is 10.1. The third-order valence-electron chi connectivity index (χ3n) is 4.78. The first kappa shape index (κ1) is 21.5. The summed E-state index contributed by atoms with van der Waals surface area (Å²) in [6.07, 6.45) is 1.64. The molecular weight excluding hydrogens is 390 g/mol. The molecule has 1 aromatic carbocycles. The van der Waals surface area contributed by atoms with Gasteiger partial charge in [-0.1, -0.05) is 0 Å². The van der Waals surface area contributed by atoms with E-state index < -0.39 is 0 Å². The Hall–Kier alpha value is -1.82. The van der Waals surface area contributed by atoms with Crippen LogP contribution in [0.3, 0.4) is 0 Å². The molecule has 2 aliphatic rings. The van der Waals surface area contributed by atoms with Gasteiger partial charge in [0, 0.05) is 23.9 Å². The summed E-state index contributed by atoms with van der Waals surface area (Å²) in [6, 6.07) is 5.28. The molecule has 1 N–H and O–H groups in total. The minimum absolute atomic E-state index is 0. The van der Waals surface area contributed by atoms with Crippen molar-refractivity contribution in [1.29, 1.82) is 5.26 Å². The largest absolute Gasteiger partial charge is 0.496 e. The summed E-state index contributed by atoms with van der Waals surface area (Å²) < 4.78 is 16.2. The summed E-state index contributed by atoms with van der Waals surface area (Å²) in [5.41, 5.74) is 0.906. The Morgan fingerprint density at radius 1 is 1.22 bits per heavy atom. The molecule has 3 atom stereocenters. The number of amides is 1. The van der Waals surface area contributed by atoms with E-state index in [1.165, 1.54) is 0 Å². The van der Waals surface area contributed by atoms with E-state index in [1.54, 1.807) is 44.1 Å². The van der Waals surface area contributed by atoms with E-state index in [0.29, 0.717) is 29.5 Å². The maximum atomic E-state index is 12.8. The highest BCUT2D eigenvalue weighted by atomic mass is 35.5. The molecule has 2 aliphatic heterocycles.